The number of hydrogen-bond donors (Lipinski definition) is 1. The molecular weight excluding hydrogens is 240 g/mol. The summed E-state index contributed by atoms with van der Waals surface area (Å²) in [4.78, 5) is 2.65. The minimum Gasteiger partial charge on any atom is -0.314 e. The topological polar surface area (TPSA) is 15.3 Å². The Balaban J connectivity index is 1.86. The van der Waals surface area contributed by atoms with E-state index < -0.39 is 0 Å². The molecule has 0 saturated carbocycles. The average molecular weight is 266 g/mol. The zero-order valence-corrected chi connectivity index (χ0v) is 12.7. The Kier molecular flexibility index (Phi) is 5.22. The van der Waals surface area contributed by atoms with E-state index in [1.165, 1.54) is 38.0 Å². The van der Waals surface area contributed by atoms with Crippen molar-refractivity contribution in [3.8, 4) is 0 Å². The van der Waals surface area contributed by atoms with Gasteiger partial charge in [-0.05, 0) is 61.2 Å². The molecule has 1 aliphatic heterocycles. The zero-order valence-electron chi connectivity index (χ0n) is 11.9. The predicted octanol–water partition coefficient (Wildman–Crippen LogP) is 3.52. The molecule has 0 aromatic carbocycles. The molecule has 0 aliphatic carbocycles. The molecule has 2 heterocycles. The van der Waals surface area contributed by atoms with Crippen LogP contribution in [0.3, 0.4) is 0 Å². The normalized spacial score (nSPS) is 23.4. The highest BCUT2D eigenvalue weighted by molar-refractivity contribution is 7.07. The minimum atomic E-state index is 0.582. The van der Waals surface area contributed by atoms with Crippen LogP contribution >= 0.6 is 11.3 Å². The molecule has 1 saturated heterocycles. The summed E-state index contributed by atoms with van der Waals surface area (Å²) >= 11 is 1.81. The quantitative estimate of drug-likeness (QED) is 0.877. The molecule has 0 radical (unpaired) electrons. The van der Waals surface area contributed by atoms with Crippen molar-refractivity contribution in [2.24, 2.45) is 5.92 Å². The van der Waals surface area contributed by atoms with Crippen molar-refractivity contribution in [1.29, 1.82) is 0 Å². The Morgan fingerprint density at radius 1 is 1.44 bits per heavy atom. The van der Waals surface area contributed by atoms with Crippen molar-refractivity contribution in [2.45, 2.75) is 45.7 Å². The van der Waals surface area contributed by atoms with Crippen LogP contribution in [0.2, 0.25) is 0 Å². The molecule has 2 unspecified atom stereocenters. The van der Waals surface area contributed by atoms with E-state index >= 15 is 0 Å². The lowest BCUT2D eigenvalue weighted by molar-refractivity contribution is 0.129. The largest absolute Gasteiger partial charge is 0.314 e. The standard InChI is InChI=1S/C15H26N2S/c1-12(2)16-9-14-5-4-7-17(10-14)13(3)15-6-8-18-11-15/h6,8,11-14,16H,4-5,7,9-10H2,1-3H3. The lowest BCUT2D eigenvalue weighted by Crippen LogP contribution is -2.41. The Labute approximate surface area is 115 Å². The highest BCUT2D eigenvalue weighted by Gasteiger charge is 2.24. The number of likely N-dealkylation sites (tertiary alicyclic amines) is 1. The van der Waals surface area contributed by atoms with Gasteiger partial charge in [-0.25, -0.2) is 0 Å². The fourth-order valence-electron chi connectivity index (χ4n) is 2.74. The van der Waals surface area contributed by atoms with E-state index in [1.807, 2.05) is 11.3 Å². The molecule has 1 N–H and O–H groups in total. The summed E-state index contributed by atoms with van der Waals surface area (Å²) in [6.45, 7) is 10.5. The monoisotopic (exact) mass is 266 g/mol. The molecule has 0 amide bonds. The van der Waals surface area contributed by atoms with Gasteiger partial charge in [0.1, 0.15) is 0 Å². The molecule has 0 spiro atoms. The van der Waals surface area contributed by atoms with Gasteiger partial charge in [-0.1, -0.05) is 13.8 Å². The second-order valence-corrected chi connectivity index (χ2v) is 6.58. The Hall–Kier alpha value is -0.380. The Morgan fingerprint density at radius 2 is 2.28 bits per heavy atom. The summed E-state index contributed by atoms with van der Waals surface area (Å²) in [6.07, 6.45) is 2.73. The third-order valence-corrected chi connectivity index (χ3v) is 4.64. The summed E-state index contributed by atoms with van der Waals surface area (Å²) < 4.78 is 0. The lowest BCUT2D eigenvalue weighted by Gasteiger charge is -2.37. The van der Waals surface area contributed by atoms with Crippen molar-refractivity contribution in [3.05, 3.63) is 22.4 Å². The van der Waals surface area contributed by atoms with Gasteiger partial charge in [-0.15, -0.1) is 0 Å². The molecule has 0 bridgehead atoms. The van der Waals surface area contributed by atoms with Gasteiger partial charge in [-0.2, -0.15) is 11.3 Å². The summed E-state index contributed by atoms with van der Waals surface area (Å²) in [5.74, 6) is 0.822. The van der Waals surface area contributed by atoms with Gasteiger partial charge in [0.25, 0.3) is 0 Å². The number of nitrogens with zero attached hydrogens (tertiary/aromatic N) is 1. The van der Waals surface area contributed by atoms with E-state index in [2.05, 4.69) is 47.8 Å². The molecule has 1 aliphatic rings. The fraction of sp³-hybridized carbons (Fsp3) is 0.733. The first-order valence-corrected chi connectivity index (χ1v) is 8.10. The van der Waals surface area contributed by atoms with Gasteiger partial charge < -0.3 is 5.32 Å². The number of thiophene rings is 1. The minimum absolute atomic E-state index is 0.582. The summed E-state index contributed by atoms with van der Waals surface area (Å²) in [5.41, 5.74) is 1.48. The summed E-state index contributed by atoms with van der Waals surface area (Å²) in [6, 6.07) is 3.46. The van der Waals surface area contributed by atoms with Crippen LogP contribution in [-0.2, 0) is 0 Å². The van der Waals surface area contributed by atoms with Crippen LogP contribution in [0.1, 0.15) is 45.2 Å². The lowest BCUT2D eigenvalue weighted by atomic mass is 9.95. The van der Waals surface area contributed by atoms with Crippen LogP contribution in [0.5, 0.6) is 0 Å². The van der Waals surface area contributed by atoms with Gasteiger partial charge in [0.2, 0.25) is 0 Å². The van der Waals surface area contributed by atoms with Crippen LogP contribution < -0.4 is 5.32 Å². The highest BCUT2D eigenvalue weighted by Crippen LogP contribution is 2.27. The van der Waals surface area contributed by atoms with Crippen LogP contribution in [0.4, 0.5) is 0 Å². The summed E-state index contributed by atoms with van der Waals surface area (Å²) in [7, 11) is 0. The van der Waals surface area contributed by atoms with E-state index in [0.29, 0.717) is 12.1 Å². The fourth-order valence-corrected chi connectivity index (χ4v) is 3.49. The second-order valence-electron chi connectivity index (χ2n) is 5.80. The first-order chi connectivity index (χ1) is 8.66. The van der Waals surface area contributed by atoms with E-state index in [4.69, 9.17) is 0 Å². The van der Waals surface area contributed by atoms with Crippen molar-refractivity contribution >= 4 is 11.3 Å². The third kappa shape index (κ3) is 3.81. The number of piperidine rings is 1. The number of rotatable bonds is 5. The first-order valence-electron chi connectivity index (χ1n) is 7.16. The molecule has 2 rings (SSSR count). The van der Waals surface area contributed by atoms with E-state index in [9.17, 15) is 0 Å². The van der Waals surface area contributed by atoms with Gasteiger partial charge in [-0.3, -0.25) is 4.90 Å². The molecule has 2 atom stereocenters. The number of hydrogen-bond acceptors (Lipinski definition) is 3. The summed E-state index contributed by atoms with van der Waals surface area (Å²) in [5, 5.41) is 8.07. The van der Waals surface area contributed by atoms with Gasteiger partial charge in [0, 0.05) is 18.6 Å². The average Bonchev–Trinajstić information content (AvgIpc) is 2.89. The maximum absolute atomic E-state index is 3.58. The Morgan fingerprint density at radius 3 is 2.94 bits per heavy atom. The third-order valence-electron chi connectivity index (χ3n) is 3.94. The maximum atomic E-state index is 3.58. The zero-order chi connectivity index (χ0) is 13.0. The van der Waals surface area contributed by atoms with Crippen molar-refractivity contribution < 1.29 is 0 Å². The van der Waals surface area contributed by atoms with Crippen LogP contribution in [0.25, 0.3) is 0 Å². The van der Waals surface area contributed by atoms with E-state index in [-0.39, 0.29) is 0 Å². The van der Waals surface area contributed by atoms with Crippen LogP contribution in [0.15, 0.2) is 16.8 Å². The van der Waals surface area contributed by atoms with Crippen molar-refractivity contribution in [2.75, 3.05) is 19.6 Å². The van der Waals surface area contributed by atoms with Gasteiger partial charge in [0.05, 0.1) is 0 Å². The predicted molar refractivity (Wildman–Crippen MR) is 80.2 cm³/mol. The molecule has 1 aromatic heterocycles. The highest BCUT2D eigenvalue weighted by atomic mass is 32.1. The molecule has 1 fully saturated rings. The smallest absolute Gasteiger partial charge is 0.0328 e. The maximum Gasteiger partial charge on any atom is 0.0328 e. The first kappa shape index (κ1) is 14.0. The second kappa shape index (κ2) is 6.69. The molecule has 2 nitrogen and oxygen atoms in total. The Bertz CT molecular complexity index is 334. The number of nitrogens with one attached hydrogen (secondary N) is 1. The SMILES string of the molecule is CC(C)NCC1CCCN(C(C)c2ccsc2)C1. The van der Waals surface area contributed by atoms with E-state index in [0.717, 1.165) is 5.92 Å². The van der Waals surface area contributed by atoms with Crippen molar-refractivity contribution in [1.82, 2.24) is 10.2 Å². The van der Waals surface area contributed by atoms with Crippen LogP contribution in [0, 0.1) is 5.92 Å². The molecule has 102 valence electrons. The van der Waals surface area contributed by atoms with Gasteiger partial charge in [0.15, 0.2) is 0 Å². The molecular formula is C15H26N2S. The molecule has 3 heteroatoms. The molecule has 1 aromatic rings. The molecule has 18 heavy (non-hydrogen) atoms. The van der Waals surface area contributed by atoms with E-state index in [1.54, 1.807) is 0 Å². The van der Waals surface area contributed by atoms with Crippen LogP contribution in [-0.4, -0.2) is 30.6 Å². The van der Waals surface area contributed by atoms with Gasteiger partial charge >= 0.3 is 0 Å². The van der Waals surface area contributed by atoms with Crippen molar-refractivity contribution in [3.63, 3.8) is 0 Å².